The van der Waals surface area contributed by atoms with E-state index >= 15 is 0 Å². The summed E-state index contributed by atoms with van der Waals surface area (Å²) < 4.78 is 5.59. The van der Waals surface area contributed by atoms with E-state index in [2.05, 4.69) is 6.92 Å². The van der Waals surface area contributed by atoms with Gasteiger partial charge < -0.3 is 10.5 Å². The maximum absolute atomic E-state index is 12.5. The molecule has 0 aromatic carbocycles. The molecule has 3 rings (SSSR count). The Morgan fingerprint density at radius 1 is 1.21 bits per heavy atom. The summed E-state index contributed by atoms with van der Waals surface area (Å²) in [4.78, 5) is 26.4. The van der Waals surface area contributed by atoms with E-state index in [-0.39, 0.29) is 41.8 Å². The third-order valence-electron chi connectivity index (χ3n) is 4.91. The molecule has 5 nitrogen and oxygen atoms in total. The van der Waals surface area contributed by atoms with Gasteiger partial charge in [0.2, 0.25) is 11.8 Å². The van der Waals surface area contributed by atoms with E-state index in [9.17, 15) is 9.59 Å². The van der Waals surface area contributed by atoms with E-state index in [1.807, 2.05) is 6.92 Å². The Labute approximate surface area is 113 Å². The van der Waals surface area contributed by atoms with Crippen LogP contribution in [0.4, 0.5) is 0 Å². The first kappa shape index (κ1) is 13.1. The molecule has 3 aliphatic rings. The van der Waals surface area contributed by atoms with Crippen molar-refractivity contribution < 1.29 is 14.3 Å². The third kappa shape index (κ3) is 1.82. The number of ether oxygens (including phenoxy) is 1. The summed E-state index contributed by atoms with van der Waals surface area (Å²) in [5.41, 5.74) is 6.00. The molecule has 2 saturated carbocycles. The van der Waals surface area contributed by atoms with Gasteiger partial charge in [0.15, 0.2) is 0 Å². The fourth-order valence-electron chi connectivity index (χ4n) is 3.96. The zero-order valence-electron chi connectivity index (χ0n) is 11.5. The Kier molecular flexibility index (Phi) is 3.14. The van der Waals surface area contributed by atoms with Crippen LogP contribution in [-0.2, 0) is 14.3 Å². The predicted molar refractivity (Wildman–Crippen MR) is 69.0 cm³/mol. The SMILES string of the molecule is CCOC1CC(N)C1N1C(=O)C2CC(C)CC2C1=O. The Balaban J connectivity index is 1.79. The van der Waals surface area contributed by atoms with Gasteiger partial charge in [-0.1, -0.05) is 6.92 Å². The molecule has 0 spiro atoms. The Hall–Kier alpha value is -0.940. The van der Waals surface area contributed by atoms with E-state index in [1.54, 1.807) is 0 Å². The summed E-state index contributed by atoms with van der Waals surface area (Å²) >= 11 is 0. The van der Waals surface area contributed by atoms with Gasteiger partial charge in [-0.15, -0.1) is 0 Å². The van der Waals surface area contributed by atoms with Crippen LogP contribution in [0.2, 0.25) is 0 Å². The number of fused-ring (bicyclic) bond motifs is 1. The van der Waals surface area contributed by atoms with Crippen molar-refractivity contribution in [1.29, 1.82) is 0 Å². The Morgan fingerprint density at radius 2 is 1.79 bits per heavy atom. The van der Waals surface area contributed by atoms with Crippen LogP contribution in [0.5, 0.6) is 0 Å². The smallest absolute Gasteiger partial charge is 0.233 e. The van der Waals surface area contributed by atoms with Crippen molar-refractivity contribution >= 4 is 11.8 Å². The summed E-state index contributed by atoms with van der Waals surface area (Å²) in [6.07, 6.45) is 2.35. The largest absolute Gasteiger partial charge is 0.376 e. The number of carbonyl (C=O) groups excluding carboxylic acids is 2. The molecule has 5 heteroatoms. The van der Waals surface area contributed by atoms with Crippen molar-refractivity contribution in [3.63, 3.8) is 0 Å². The van der Waals surface area contributed by atoms with Crippen LogP contribution in [0, 0.1) is 17.8 Å². The van der Waals surface area contributed by atoms with Gasteiger partial charge in [0.05, 0.1) is 24.0 Å². The number of nitrogens with two attached hydrogens (primary N) is 1. The van der Waals surface area contributed by atoms with Crippen molar-refractivity contribution in [3.8, 4) is 0 Å². The van der Waals surface area contributed by atoms with E-state index in [4.69, 9.17) is 10.5 Å². The number of hydrogen-bond donors (Lipinski definition) is 1. The molecule has 1 aliphatic heterocycles. The topological polar surface area (TPSA) is 72.6 Å². The summed E-state index contributed by atoms with van der Waals surface area (Å²) in [6.45, 7) is 4.63. The average Bonchev–Trinajstić information content (AvgIpc) is 2.83. The fourth-order valence-corrected chi connectivity index (χ4v) is 3.96. The van der Waals surface area contributed by atoms with Gasteiger partial charge in [0.1, 0.15) is 0 Å². The lowest BCUT2D eigenvalue weighted by atomic mass is 9.82. The monoisotopic (exact) mass is 266 g/mol. The van der Waals surface area contributed by atoms with Crippen molar-refractivity contribution in [1.82, 2.24) is 4.90 Å². The summed E-state index contributed by atoms with van der Waals surface area (Å²) in [5, 5.41) is 0. The average molecular weight is 266 g/mol. The molecule has 0 bridgehead atoms. The minimum atomic E-state index is -0.235. The number of amides is 2. The van der Waals surface area contributed by atoms with Crippen LogP contribution in [0.15, 0.2) is 0 Å². The highest BCUT2D eigenvalue weighted by Gasteiger charge is 2.58. The summed E-state index contributed by atoms with van der Waals surface area (Å²) in [6, 6.07) is -0.360. The second-order valence-electron chi connectivity index (χ2n) is 6.22. The van der Waals surface area contributed by atoms with E-state index in [0.29, 0.717) is 12.5 Å². The van der Waals surface area contributed by atoms with Crippen molar-refractivity contribution in [2.45, 2.75) is 51.3 Å². The molecule has 1 heterocycles. The molecule has 19 heavy (non-hydrogen) atoms. The number of rotatable bonds is 3. The summed E-state index contributed by atoms with van der Waals surface area (Å²) in [7, 11) is 0. The molecule has 5 atom stereocenters. The minimum absolute atomic E-state index is 0.01000. The second kappa shape index (κ2) is 4.56. The molecule has 1 saturated heterocycles. The van der Waals surface area contributed by atoms with Gasteiger partial charge >= 0.3 is 0 Å². The molecule has 2 aliphatic carbocycles. The standard InChI is InChI=1S/C14H22N2O3/c1-3-19-11-6-10(15)12(11)16-13(17)8-4-7(2)5-9(8)14(16)18/h7-12H,3-6,15H2,1-2H3. The molecule has 0 aromatic heterocycles. The molecule has 0 radical (unpaired) electrons. The third-order valence-corrected chi connectivity index (χ3v) is 4.91. The first-order valence-corrected chi connectivity index (χ1v) is 7.28. The van der Waals surface area contributed by atoms with Gasteiger partial charge in [0.25, 0.3) is 0 Å². The highest BCUT2D eigenvalue weighted by atomic mass is 16.5. The van der Waals surface area contributed by atoms with E-state index < -0.39 is 0 Å². The molecule has 2 amide bonds. The molecular weight excluding hydrogens is 244 g/mol. The first-order valence-electron chi connectivity index (χ1n) is 7.28. The van der Waals surface area contributed by atoms with Crippen molar-refractivity contribution in [2.24, 2.45) is 23.5 Å². The van der Waals surface area contributed by atoms with Crippen LogP contribution >= 0.6 is 0 Å². The zero-order valence-corrected chi connectivity index (χ0v) is 11.5. The van der Waals surface area contributed by atoms with E-state index in [0.717, 1.165) is 19.3 Å². The van der Waals surface area contributed by atoms with Crippen LogP contribution in [0.3, 0.4) is 0 Å². The maximum atomic E-state index is 12.5. The van der Waals surface area contributed by atoms with Crippen molar-refractivity contribution in [3.05, 3.63) is 0 Å². The van der Waals surface area contributed by atoms with Gasteiger partial charge in [0, 0.05) is 12.6 Å². The molecule has 106 valence electrons. The molecule has 3 fully saturated rings. The fraction of sp³-hybridized carbons (Fsp3) is 0.857. The Morgan fingerprint density at radius 3 is 2.26 bits per heavy atom. The minimum Gasteiger partial charge on any atom is -0.376 e. The highest BCUT2D eigenvalue weighted by Crippen LogP contribution is 2.45. The van der Waals surface area contributed by atoms with Crippen LogP contribution in [0.1, 0.15) is 33.1 Å². The quantitative estimate of drug-likeness (QED) is 0.756. The van der Waals surface area contributed by atoms with Gasteiger partial charge in [-0.3, -0.25) is 14.5 Å². The molecule has 2 N–H and O–H groups in total. The van der Waals surface area contributed by atoms with Crippen LogP contribution in [0.25, 0.3) is 0 Å². The predicted octanol–water partition coefficient (Wildman–Crippen LogP) is 0.522. The van der Waals surface area contributed by atoms with Gasteiger partial charge in [-0.05, 0) is 32.1 Å². The number of carbonyl (C=O) groups is 2. The molecular formula is C14H22N2O3. The maximum Gasteiger partial charge on any atom is 0.233 e. The highest BCUT2D eigenvalue weighted by molar-refractivity contribution is 6.06. The van der Waals surface area contributed by atoms with Crippen LogP contribution < -0.4 is 5.73 Å². The lowest BCUT2D eigenvalue weighted by molar-refractivity contribution is -0.155. The zero-order chi connectivity index (χ0) is 13.7. The number of imide groups is 1. The second-order valence-corrected chi connectivity index (χ2v) is 6.22. The van der Waals surface area contributed by atoms with Crippen LogP contribution in [-0.4, -0.2) is 41.5 Å². The number of nitrogens with zero attached hydrogens (tertiary/aromatic N) is 1. The van der Waals surface area contributed by atoms with Gasteiger partial charge in [-0.2, -0.15) is 0 Å². The lowest BCUT2D eigenvalue weighted by Gasteiger charge is -2.46. The number of likely N-dealkylation sites (tertiary alicyclic amines) is 1. The van der Waals surface area contributed by atoms with Gasteiger partial charge in [-0.25, -0.2) is 0 Å². The Bertz CT molecular complexity index is 385. The molecule has 0 aromatic rings. The lowest BCUT2D eigenvalue weighted by Crippen LogP contribution is -2.66. The first-order chi connectivity index (χ1) is 9.04. The summed E-state index contributed by atoms with van der Waals surface area (Å²) in [5.74, 6) is 0.256. The van der Waals surface area contributed by atoms with E-state index in [1.165, 1.54) is 4.90 Å². The normalized spacial score (nSPS) is 45.5. The van der Waals surface area contributed by atoms with Crippen molar-refractivity contribution in [2.75, 3.05) is 6.61 Å². The number of hydrogen-bond acceptors (Lipinski definition) is 4. The molecule has 5 unspecified atom stereocenters.